The second-order valence-corrected chi connectivity index (χ2v) is 8.64. The number of nitrogens with zero attached hydrogens (tertiary/aromatic N) is 3. The quantitative estimate of drug-likeness (QED) is 0.779. The molecule has 0 saturated carbocycles. The van der Waals surface area contributed by atoms with Crippen LogP contribution in [0.25, 0.3) is 10.9 Å². The molecule has 0 aliphatic carbocycles. The normalized spacial score (nSPS) is 24.9. The lowest BCUT2D eigenvalue weighted by Gasteiger charge is -2.48. The summed E-state index contributed by atoms with van der Waals surface area (Å²) in [6, 6.07) is 6.21. The molecular formula is C22H32N4O3. The number of amides is 1. The summed E-state index contributed by atoms with van der Waals surface area (Å²) in [5.41, 5.74) is 1.09. The van der Waals surface area contributed by atoms with Gasteiger partial charge in [0.25, 0.3) is 5.91 Å². The molecule has 2 N–H and O–H groups in total. The molecule has 1 amide bonds. The highest BCUT2D eigenvalue weighted by Crippen LogP contribution is 2.31. The summed E-state index contributed by atoms with van der Waals surface area (Å²) in [4.78, 5) is 15.7. The second kappa shape index (κ2) is 8.32. The van der Waals surface area contributed by atoms with Gasteiger partial charge in [-0.25, -0.2) is 0 Å². The van der Waals surface area contributed by atoms with E-state index in [4.69, 9.17) is 4.74 Å². The number of carbonyl (C=O) groups is 1. The molecule has 2 fully saturated rings. The molecule has 0 radical (unpaired) electrons. The van der Waals surface area contributed by atoms with Crippen LogP contribution < -0.4 is 5.32 Å². The summed E-state index contributed by atoms with van der Waals surface area (Å²) in [5.74, 6) is -0.110. The van der Waals surface area contributed by atoms with Gasteiger partial charge in [0.2, 0.25) is 0 Å². The van der Waals surface area contributed by atoms with Gasteiger partial charge < -0.3 is 15.2 Å². The van der Waals surface area contributed by atoms with E-state index in [0.29, 0.717) is 23.2 Å². The van der Waals surface area contributed by atoms with Gasteiger partial charge in [-0.05, 0) is 51.8 Å². The van der Waals surface area contributed by atoms with Crippen LogP contribution >= 0.6 is 0 Å². The SMILES string of the molecule is CCCCN1[C@@H]2COC[C@H]1CC(NC(=O)c1nn(C(C)C)c3cccc(O)c13)C2. The molecule has 7 nitrogen and oxygen atoms in total. The smallest absolute Gasteiger partial charge is 0.272 e. The van der Waals surface area contributed by atoms with E-state index in [2.05, 4.69) is 22.2 Å². The van der Waals surface area contributed by atoms with Gasteiger partial charge in [0.1, 0.15) is 5.75 Å². The van der Waals surface area contributed by atoms with E-state index in [1.165, 1.54) is 12.8 Å². The van der Waals surface area contributed by atoms with Crippen LogP contribution in [-0.4, -0.2) is 63.6 Å². The van der Waals surface area contributed by atoms with Crippen molar-refractivity contribution < 1.29 is 14.6 Å². The van der Waals surface area contributed by atoms with Crippen LogP contribution in [0.15, 0.2) is 18.2 Å². The average molecular weight is 401 g/mol. The zero-order chi connectivity index (χ0) is 20.5. The Balaban J connectivity index is 1.53. The first kappa shape index (κ1) is 20.2. The number of carbonyl (C=O) groups excluding carboxylic acids is 1. The number of aromatic nitrogens is 2. The maximum Gasteiger partial charge on any atom is 0.272 e. The Morgan fingerprint density at radius 1 is 1.31 bits per heavy atom. The van der Waals surface area contributed by atoms with Gasteiger partial charge >= 0.3 is 0 Å². The van der Waals surface area contributed by atoms with Crippen molar-refractivity contribution in [2.24, 2.45) is 0 Å². The number of hydrogen-bond donors (Lipinski definition) is 2. The summed E-state index contributed by atoms with van der Waals surface area (Å²) in [6.45, 7) is 8.83. The molecule has 2 aromatic rings. The number of ether oxygens (including phenoxy) is 1. The fraction of sp³-hybridized carbons (Fsp3) is 0.636. The van der Waals surface area contributed by atoms with E-state index in [-0.39, 0.29) is 23.7 Å². The van der Waals surface area contributed by atoms with E-state index in [9.17, 15) is 9.90 Å². The van der Waals surface area contributed by atoms with Crippen LogP contribution in [-0.2, 0) is 4.74 Å². The predicted octanol–water partition coefficient (Wildman–Crippen LogP) is 3.08. The lowest BCUT2D eigenvalue weighted by Crippen LogP contribution is -2.60. The molecule has 0 spiro atoms. The molecular weight excluding hydrogens is 368 g/mol. The van der Waals surface area contributed by atoms with Gasteiger partial charge in [0.15, 0.2) is 5.69 Å². The molecule has 3 atom stereocenters. The Morgan fingerprint density at radius 3 is 2.69 bits per heavy atom. The Kier molecular flexibility index (Phi) is 5.79. The number of unbranched alkanes of at least 4 members (excludes halogenated alkanes) is 1. The lowest BCUT2D eigenvalue weighted by atomic mass is 9.89. The maximum atomic E-state index is 13.1. The topological polar surface area (TPSA) is 79.6 Å². The number of phenolic OH excluding ortho intramolecular Hbond substituents is 1. The van der Waals surface area contributed by atoms with E-state index in [1.54, 1.807) is 16.8 Å². The first-order chi connectivity index (χ1) is 14.0. The molecule has 2 aliphatic rings. The first-order valence-electron chi connectivity index (χ1n) is 10.8. The van der Waals surface area contributed by atoms with Crippen LogP contribution in [0.4, 0.5) is 0 Å². The van der Waals surface area contributed by atoms with E-state index in [1.807, 2.05) is 19.9 Å². The monoisotopic (exact) mass is 400 g/mol. The first-order valence-corrected chi connectivity index (χ1v) is 10.8. The number of hydrogen-bond acceptors (Lipinski definition) is 5. The second-order valence-electron chi connectivity index (χ2n) is 8.64. The Bertz CT molecular complexity index is 864. The number of nitrogens with one attached hydrogen (secondary N) is 1. The fourth-order valence-corrected chi connectivity index (χ4v) is 4.79. The van der Waals surface area contributed by atoms with Gasteiger partial charge in [-0.15, -0.1) is 0 Å². The number of phenols is 1. The van der Waals surface area contributed by atoms with Crippen LogP contribution in [0.5, 0.6) is 5.75 Å². The Labute approximate surface area is 172 Å². The highest BCUT2D eigenvalue weighted by atomic mass is 16.5. The van der Waals surface area contributed by atoms with Gasteiger partial charge in [-0.2, -0.15) is 5.10 Å². The summed E-state index contributed by atoms with van der Waals surface area (Å²) >= 11 is 0. The van der Waals surface area contributed by atoms with Crippen molar-refractivity contribution in [3.63, 3.8) is 0 Å². The molecule has 2 aliphatic heterocycles. The molecule has 158 valence electrons. The van der Waals surface area contributed by atoms with Crippen molar-refractivity contribution >= 4 is 16.8 Å². The van der Waals surface area contributed by atoms with Crippen LogP contribution in [0, 0.1) is 0 Å². The number of morpholine rings is 1. The molecule has 1 aromatic carbocycles. The highest BCUT2D eigenvalue weighted by molar-refractivity contribution is 6.07. The van der Waals surface area contributed by atoms with E-state index >= 15 is 0 Å². The third-order valence-electron chi connectivity index (χ3n) is 6.19. The minimum atomic E-state index is -0.207. The molecule has 29 heavy (non-hydrogen) atoms. The lowest BCUT2D eigenvalue weighted by molar-refractivity contribution is -0.0802. The number of fused-ring (bicyclic) bond motifs is 3. The summed E-state index contributed by atoms with van der Waals surface area (Å²) in [7, 11) is 0. The molecule has 3 heterocycles. The average Bonchev–Trinajstić information content (AvgIpc) is 3.08. The predicted molar refractivity (Wildman–Crippen MR) is 112 cm³/mol. The molecule has 1 aromatic heterocycles. The summed E-state index contributed by atoms with van der Waals surface area (Å²) < 4.78 is 7.59. The standard InChI is InChI=1S/C22H32N4O3/c1-4-5-9-25-16-10-15(11-17(25)13-29-12-16)23-22(28)21-20-18(7-6-8-19(20)27)26(24-21)14(2)3/h6-8,14-17,27H,4-5,9-13H2,1-3H3,(H,23,28)/t15?,16-,17+. The minimum absolute atomic E-state index is 0.0964. The Hall–Kier alpha value is -2.12. The molecule has 1 unspecified atom stereocenters. The molecule has 4 rings (SSSR count). The summed E-state index contributed by atoms with van der Waals surface area (Å²) in [5, 5.41) is 18.7. The van der Waals surface area contributed by atoms with Gasteiger partial charge in [-0.3, -0.25) is 14.4 Å². The fourth-order valence-electron chi connectivity index (χ4n) is 4.79. The third-order valence-corrected chi connectivity index (χ3v) is 6.19. The maximum absolute atomic E-state index is 13.1. The van der Waals surface area contributed by atoms with Gasteiger partial charge in [0.05, 0.1) is 24.1 Å². The van der Waals surface area contributed by atoms with Crippen molar-refractivity contribution in [1.82, 2.24) is 20.0 Å². The molecule has 2 saturated heterocycles. The van der Waals surface area contributed by atoms with Crippen LogP contribution in [0.3, 0.4) is 0 Å². The Morgan fingerprint density at radius 2 is 2.03 bits per heavy atom. The zero-order valence-corrected chi connectivity index (χ0v) is 17.6. The number of benzene rings is 1. The van der Waals surface area contributed by atoms with Crippen LogP contribution in [0.1, 0.15) is 63.0 Å². The van der Waals surface area contributed by atoms with Crippen LogP contribution in [0.2, 0.25) is 0 Å². The van der Waals surface area contributed by atoms with Gasteiger partial charge in [-0.1, -0.05) is 19.4 Å². The van der Waals surface area contributed by atoms with E-state index in [0.717, 1.165) is 38.1 Å². The van der Waals surface area contributed by atoms with Crippen molar-refractivity contribution in [3.05, 3.63) is 23.9 Å². The van der Waals surface area contributed by atoms with Crippen molar-refractivity contribution in [1.29, 1.82) is 0 Å². The third kappa shape index (κ3) is 3.85. The van der Waals surface area contributed by atoms with Crippen molar-refractivity contribution in [2.45, 2.75) is 70.6 Å². The molecule has 2 bridgehead atoms. The minimum Gasteiger partial charge on any atom is -0.507 e. The van der Waals surface area contributed by atoms with E-state index < -0.39 is 0 Å². The largest absolute Gasteiger partial charge is 0.507 e. The van der Waals surface area contributed by atoms with Gasteiger partial charge in [0, 0.05) is 24.2 Å². The number of rotatable bonds is 6. The highest BCUT2D eigenvalue weighted by Gasteiger charge is 2.39. The number of piperidine rings is 1. The molecule has 7 heteroatoms. The number of aromatic hydroxyl groups is 1. The van der Waals surface area contributed by atoms with Crippen molar-refractivity contribution in [2.75, 3.05) is 19.8 Å². The summed E-state index contributed by atoms with van der Waals surface area (Å²) in [6.07, 6.45) is 4.16. The van der Waals surface area contributed by atoms with Crippen molar-refractivity contribution in [3.8, 4) is 5.75 Å². The zero-order valence-electron chi connectivity index (χ0n) is 17.6.